The molecule has 0 fully saturated rings. The maximum absolute atomic E-state index is 13.1. The number of nitrogens with one attached hydrogen (secondary N) is 2. The fourth-order valence-electron chi connectivity index (χ4n) is 3.28. The molecule has 0 bridgehead atoms. The normalized spacial score (nSPS) is 11.3. The molecule has 0 aliphatic carbocycles. The van der Waals surface area contributed by atoms with Gasteiger partial charge in [0.15, 0.2) is 0 Å². The Labute approximate surface area is 204 Å². The lowest BCUT2D eigenvalue weighted by Crippen LogP contribution is -2.43. The molecule has 0 aromatic heterocycles. The first-order chi connectivity index (χ1) is 16.8. The van der Waals surface area contributed by atoms with Gasteiger partial charge < -0.3 is 4.90 Å². The first-order valence-corrected chi connectivity index (χ1v) is 12.4. The van der Waals surface area contributed by atoms with Crippen LogP contribution >= 0.6 is 0 Å². The van der Waals surface area contributed by atoms with E-state index in [1.54, 1.807) is 36.4 Å². The van der Waals surface area contributed by atoms with Gasteiger partial charge in [-0.15, -0.1) is 0 Å². The number of sulfonamides is 1. The van der Waals surface area contributed by atoms with Crippen LogP contribution in [0.4, 0.5) is 4.79 Å². The molecule has 182 valence electrons. The van der Waals surface area contributed by atoms with E-state index < -0.39 is 22.0 Å². The Hall–Kier alpha value is -3.95. The molecular weight excluding hydrogens is 466 g/mol. The number of hydroxylamine groups is 1. The van der Waals surface area contributed by atoms with Crippen molar-refractivity contribution < 1.29 is 23.2 Å². The van der Waals surface area contributed by atoms with E-state index in [9.17, 15) is 18.0 Å². The molecular formula is C26H27N3O5S. The molecule has 0 saturated heterocycles. The van der Waals surface area contributed by atoms with Crippen LogP contribution in [0.25, 0.3) is 6.08 Å². The number of carbonyl (C=O) groups is 2. The van der Waals surface area contributed by atoms with Crippen LogP contribution in [0.1, 0.15) is 22.3 Å². The topological polar surface area (TPSA) is 116 Å². The van der Waals surface area contributed by atoms with Crippen molar-refractivity contribution in [1.82, 2.24) is 15.1 Å². The maximum Gasteiger partial charge on any atom is 0.331 e. The van der Waals surface area contributed by atoms with Crippen LogP contribution in [0.5, 0.6) is 0 Å². The average molecular weight is 494 g/mol. The average Bonchev–Trinajstić information content (AvgIpc) is 2.86. The van der Waals surface area contributed by atoms with E-state index in [0.29, 0.717) is 13.0 Å². The largest absolute Gasteiger partial charge is 0.331 e. The summed E-state index contributed by atoms with van der Waals surface area (Å²) in [5.41, 5.74) is 4.96. The molecule has 0 aliphatic heterocycles. The summed E-state index contributed by atoms with van der Waals surface area (Å²) in [6.07, 6.45) is 3.27. The zero-order chi connectivity index (χ0) is 25.3. The van der Waals surface area contributed by atoms with E-state index in [2.05, 4.69) is 4.72 Å². The van der Waals surface area contributed by atoms with Gasteiger partial charge in [-0.3, -0.25) is 10.0 Å². The summed E-state index contributed by atoms with van der Waals surface area (Å²) in [7, 11) is -4.03. The molecule has 35 heavy (non-hydrogen) atoms. The highest BCUT2D eigenvalue weighted by molar-refractivity contribution is 7.90. The van der Waals surface area contributed by atoms with E-state index in [1.807, 2.05) is 37.3 Å². The van der Waals surface area contributed by atoms with Gasteiger partial charge in [0.25, 0.3) is 15.9 Å². The molecule has 0 atom stereocenters. The zero-order valence-electron chi connectivity index (χ0n) is 19.2. The Bertz CT molecular complexity index is 1270. The van der Waals surface area contributed by atoms with Crippen molar-refractivity contribution in [2.75, 3.05) is 6.54 Å². The molecule has 0 radical (unpaired) electrons. The lowest BCUT2D eigenvalue weighted by molar-refractivity contribution is -0.124. The van der Waals surface area contributed by atoms with Gasteiger partial charge in [-0.2, -0.15) is 0 Å². The minimum atomic E-state index is -4.03. The van der Waals surface area contributed by atoms with E-state index in [4.69, 9.17) is 5.21 Å². The van der Waals surface area contributed by atoms with Crippen molar-refractivity contribution in [3.63, 3.8) is 0 Å². The third kappa shape index (κ3) is 7.80. The van der Waals surface area contributed by atoms with Gasteiger partial charge >= 0.3 is 6.03 Å². The van der Waals surface area contributed by atoms with Gasteiger partial charge in [-0.25, -0.2) is 23.4 Å². The molecule has 3 rings (SSSR count). The molecule has 3 N–H and O–H groups in total. The summed E-state index contributed by atoms with van der Waals surface area (Å²) < 4.78 is 27.7. The second-order valence-corrected chi connectivity index (χ2v) is 9.61. The van der Waals surface area contributed by atoms with Crippen LogP contribution in [-0.2, 0) is 27.8 Å². The number of amides is 3. The Kier molecular flexibility index (Phi) is 8.77. The van der Waals surface area contributed by atoms with Crippen LogP contribution < -0.4 is 10.2 Å². The first kappa shape index (κ1) is 25.7. The van der Waals surface area contributed by atoms with Crippen molar-refractivity contribution >= 4 is 28.0 Å². The number of carbonyl (C=O) groups excluding carboxylic acids is 2. The Morgan fingerprint density at radius 3 is 2.20 bits per heavy atom. The van der Waals surface area contributed by atoms with Crippen LogP contribution in [0.2, 0.25) is 0 Å². The molecule has 8 nitrogen and oxygen atoms in total. The Morgan fingerprint density at radius 2 is 1.57 bits per heavy atom. The van der Waals surface area contributed by atoms with Crippen molar-refractivity contribution in [2.45, 2.75) is 24.8 Å². The minimum Gasteiger partial charge on any atom is -0.319 e. The zero-order valence-corrected chi connectivity index (χ0v) is 20.0. The standard InChI is InChI=1S/C26H27N3O5S/c1-20-7-14-24(15-8-20)35(33,34)28-26(31)29(18-17-21-5-3-2-4-6-21)19-23-11-9-22(10-12-23)13-16-25(30)27-32/h2-16,32H,17-19H2,1H3,(H,27,30)(H,28,31)/b16-13+. The van der Waals surface area contributed by atoms with Gasteiger partial charge in [-0.05, 0) is 48.2 Å². The number of hydrogen-bond donors (Lipinski definition) is 3. The maximum atomic E-state index is 13.1. The van der Waals surface area contributed by atoms with Gasteiger partial charge in [-0.1, -0.05) is 72.3 Å². The molecule has 3 aromatic carbocycles. The molecule has 0 heterocycles. The predicted molar refractivity (Wildman–Crippen MR) is 133 cm³/mol. The second kappa shape index (κ2) is 12.0. The summed E-state index contributed by atoms with van der Waals surface area (Å²) in [6, 6.07) is 22.2. The number of aryl methyl sites for hydroxylation is 1. The van der Waals surface area contributed by atoms with Crippen molar-refractivity contribution in [3.8, 4) is 0 Å². The third-order valence-corrected chi connectivity index (χ3v) is 6.58. The van der Waals surface area contributed by atoms with Crippen LogP contribution in [0.15, 0.2) is 89.8 Å². The van der Waals surface area contributed by atoms with Gasteiger partial charge in [0, 0.05) is 19.2 Å². The van der Waals surface area contributed by atoms with E-state index >= 15 is 0 Å². The fourth-order valence-corrected chi connectivity index (χ4v) is 4.25. The minimum absolute atomic E-state index is 0.0162. The SMILES string of the molecule is Cc1ccc(S(=O)(=O)NC(=O)N(CCc2ccccc2)Cc2ccc(/C=C/C(=O)NO)cc2)cc1. The van der Waals surface area contributed by atoms with Crippen LogP contribution in [0.3, 0.4) is 0 Å². The molecule has 0 spiro atoms. The van der Waals surface area contributed by atoms with Crippen LogP contribution in [-0.4, -0.2) is 37.0 Å². The van der Waals surface area contributed by atoms with E-state index in [0.717, 1.165) is 22.3 Å². The summed E-state index contributed by atoms with van der Waals surface area (Å²) in [5, 5.41) is 8.57. The third-order valence-electron chi connectivity index (χ3n) is 5.24. The van der Waals surface area contributed by atoms with Crippen molar-refractivity contribution in [1.29, 1.82) is 0 Å². The van der Waals surface area contributed by atoms with Crippen molar-refractivity contribution in [2.24, 2.45) is 0 Å². The summed E-state index contributed by atoms with van der Waals surface area (Å²) >= 11 is 0. The fraction of sp³-hybridized carbons (Fsp3) is 0.154. The molecule has 3 amide bonds. The van der Waals surface area contributed by atoms with Crippen molar-refractivity contribution in [3.05, 3.63) is 107 Å². The summed E-state index contributed by atoms with van der Waals surface area (Å²) in [4.78, 5) is 25.7. The highest BCUT2D eigenvalue weighted by Gasteiger charge is 2.22. The monoisotopic (exact) mass is 493 g/mol. The van der Waals surface area contributed by atoms with Crippen LogP contribution in [0, 0.1) is 6.92 Å². The number of rotatable bonds is 9. The van der Waals surface area contributed by atoms with E-state index in [1.165, 1.54) is 34.7 Å². The number of urea groups is 1. The van der Waals surface area contributed by atoms with E-state index in [-0.39, 0.29) is 11.4 Å². The Balaban J connectivity index is 1.76. The molecule has 0 unspecified atom stereocenters. The van der Waals surface area contributed by atoms with Gasteiger partial charge in [0.1, 0.15) is 0 Å². The molecule has 0 aliphatic rings. The quantitative estimate of drug-likeness (QED) is 0.239. The first-order valence-electron chi connectivity index (χ1n) is 10.9. The number of hydrogen-bond acceptors (Lipinski definition) is 5. The second-order valence-electron chi connectivity index (χ2n) is 7.93. The highest BCUT2D eigenvalue weighted by Crippen LogP contribution is 2.14. The lowest BCUT2D eigenvalue weighted by Gasteiger charge is -2.23. The van der Waals surface area contributed by atoms with Gasteiger partial charge in [0.2, 0.25) is 0 Å². The summed E-state index contributed by atoms with van der Waals surface area (Å²) in [5.74, 6) is -0.646. The molecule has 0 saturated carbocycles. The summed E-state index contributed by atoms with van der Waals surface area (Å²) in [6.45, 7) is 2.34. The lowest BCUT2D eigenvalue weighted by atomic mass is 10.1. The smallest absolute Gasteiger partial charge is 0.319 e. The predicted octanol–water partition coefficient (Wildman–Crippen LogP) is 3.66. The molecule has 9 heteroatoms. The van der Waals surface area contributed by atoms with Gasteiger partial charge in [0.05, 0.1) is 4.90 Å². The number of nitrogens with zero attached hydrogens (tertiary/aromatic N) is 1. The highest BCUT2D eigenvalue weighted by atomic mass is 32.2. The molecule has 3 aromatic rings. The Morgan fingerprint density at radius 1 is 0.914 bits per heavy atom. The number of benzene rings is 3.